The number of carbonyl (C=O) groups excluding carboxylic acids is 1. The summed E-state index contributed by atoms with van der Waals surface area (Å²) >= 11 is 0. The van der Waals surface area contributed by atoms with E-state index in [0.29, 0.717) is 6.42 Å². The molecule has 1 amide bonds. The van der Waals surface area contributed by atoms with Gasteiger partial charge in [-0.05, 0) is 70.7 Å². The highest BCUT2D eigenvalue weighted by Crippen LogP contribution is 2.23. The number of anilines is 1. The molecular weight excluding hydrogens is 312 g/mol. The molecule has 4 heteroatoms. The number of aliphatic hydroxyl groups excluding tert-OH is 1. The number of hydrogen-bond donors (Lipinski definition) is 2. The van der Waals surface area contributed by atoms with Gasteiger partial charge in [0.2, 0.25) is 5.91 Å². The van der Waals surface area contributed by atoms with E-state index in [1.54, 1.807) is 0 Å². The Morgan fingerprint density at radius 2 is 1.96 bits per heavy atom. The summed E-state index contributed by atoms with van der Waals surface area (Å²) in [5, 5.41) is 13.3. The lowest BCUT2D eigenvalue weighted by atomic mass is 9.95. The lowest BCUT2D eigenvalue weighted by Crippen LogP contribution is -2.47. The molecule has 0 saturated carbocycles. The van der Waals surface area contributed by atoms with Crippen molar-refractivity contribution in [3.05, 3.63) is 28.8 Å². The number of carbonyl (C=O) groups is 1. The number of aliphatic hydroxyl groups is 1. The van der Waals surface area contributed by atoms with Gasteiger partial charge in [0.1, 0.15) is 0 Å². The summed E-state index contributed by atoms with van der Waals surface area (Å²) in [6, 6.07) is 4.48. The van der Waals surface area contributed by atoms with Gasteiger partial charge in [0.05, 0.1) is 6.10 Å². The van der Waals surface area contributed by atoms with E-state index >= 15 is 0 Å². The van der Waals surface area contributed by atoms with Crippen molar-refractivity contribution >= 4 is 11.6 Å². The van der Waals surface area contributed by atoms with Crippen LogP contribution in [0.15, 0.2) is 12.1 Å². The molecule has 140 valence electrons. The third-order valence-corrected chi connectivity index (χ3v) is 5.32. The van der Waals surface area contributed by atoms with Crippen molar-refractivity contribution in [1.82, 2.24) is 4.90 Å². The summed E-state index contributed by atoms with van der Waals surface area (Å²) in [7, 11) is 0. The molecule has 4 nitrogen and oxygen atoms in total. The molecule has 2 rings (SSSR count). The molecule has 1 fully saturated rings. The van der Waals surface area contributed by atoms with Gasteiger partial charge in [0.15, 0.2) is 0 Å². The Balaban J connectivity index is 1.84. The van der Waals surface area contributed by atoms with Crippen molar-refractivity contribution in [1.29, 1.82) is 0 Å². The molecule has 0 spiro atoms. The molecule has 0 bridgehead atoms. The number of hydrogen-bond acceptors (Lipinski definition) is 3. The average molecular weight is 347 g/mol. The van der Waals surface area contributed by atoms with Crippen LogP contribution in [0.5, 0.6) is 0 Å². The highest BCUT2D eigenvalue weighted by Gasteiger charge is 2.27. The van der Waals surface area contributed by atoms with E-state index in [0.717, 1.165) is 49.2 Å². The van der Waals surface area contributed by atoms with Crippen LogP contribution in [0, 0.1) is 20.8 Å². The number of nitrogens with zero attached hydrogens (tertiary/aromatic N) is 1. The molecule has 1 heterocycles. The fraction of sp³-hybridized carbons (Fsp3) is 0.667. The largest absolute Gasteiger partial charge is 0.392 e. The van der Waals surface area contributed by atoms with Gasteiger partial charge < -0.3 is 10.4 Å². The normalized spacial score (nSPS) is 19.6. The summed E-state index contributed by atoms with van der Waals surface area (Å²) in [6.45, 7) is 10.1. The quantitative estimate of drug-likeness (QED) is 0.786. The molecule has 0 radical (unpaired) electrons. The molecule has 25 heavy (non-hydrogen) atoms. The van der Waals surface area contributed by atoms with Crippen LogP contribution in [0.3, 0.4) is 0 Å². The first-order valence-electron chi connectivity index (χ1n) is 9.72. The van der Waals surface area contributed by atoms with Gasteiger partial charge in [-0.2, -0.15) is 0 Å². The van der Waals surface area contributed by atoms with Crippen molar-refractivity contribution in [2.75, 3.05) is 18.4 Å². The van der Waals surface area contributed by atoms with Crippen LogP contribution in [0.4, 0.5) is 5.69 Å². The predicted octanol–water partition coefficient (Wildman–Crippen LogP) is 3.96. The van der Waals surface area contributed by atoms with Crippen molar-refractivity contribution in [3.8, 4) is 0 Å². The minimum Gasteiger partial charge on any atom is -0.392 e. The van der Waals surface area contributed by atoms with Crippen LogP contribution in [0.25, 0.3) is 0 Å². The van der Waals surface area contributed by atoms with Crippen LogP contribution in [0.2, 0.25) is 0 Å². The Morgan fingerprint density at radius 3 is 2.60 bits per heavy atom. The molecule has 2 atom stereocenters. The number of aryl methyl sites for hydroxylation is 3. The van der Waals surface area contributed by atoms with Crippen molar-refractivity contribution in [2.45, 2.75) is 78.4 Å². The second-order valence-corrected chi connectivity index (χ2v) is 7.50. The summed E-state index contributed by atoms with van der Waals surface area (Å²) < 4.78 is 0. The molecule has 2 unspecified atom stereocenters. The SMILES string of the molecule is CCC(O)C1CCCCN1CCCC(=O)Nc1c(C)cc(C)cc1C. The Labute approximate surface area is 152 Å². The highest BCUT2D eigenvalue weighted by atomic mass is 16.3. The third-order valence-electron chi connectivity index (χ3n) is 5.32. The molecule has 1 saturated heterocycles. The van der Waals surface area contributed by atoms with Gasteiger partial charge in [-0.1, -0.05) is 31.0 Å². The van der Waals surface area contributed by atoms with Gasteiger partial charge in [-0.15, -0.1) is 0 Å². The maximum absolute atomic E-state index is 12.3. The predicted molar refractivity (Wildman–Crippen MR) is 104 cm³/mol. The summed E-state index contributed by atoms with van der Waals surface area (Å²) in [5.41, 5.74) is 4.41. The lowest BCUT2D eigenvalue weighted by molar-refractivity contribution is -0.116. The van der Waals surface area contributed by atoms with Crippen molar-refractivity contribution in [2.24, 2.45) is 0 Å². The first-order chi connectivity index (χ1) is 11.9. The van der Waals surface area contributed by atoms with Gasteiger partial charge in [0, 0.05) is 18.2 Å². The van der Waals surface area contributed by atoms with E-state index in [-0.39, 0.29) is 18.1 Å². The van der Waals surface area contributed by atoms with Gasteiger partial charge >= 0.3 is 0 Å². The van der Waals surface area contributed by atoms with Crippen LogP contribution in [-0.2, 0) is 4.79 Å². The fourth-order valence-electron chi connectivity index (χ4n) is 4.02. The number of amides is 1. The van der Waals surface area contributed by atoms with E-state index in [2.05, 4.69) is 29.3 Å². The zero-order valence-electron chi connectivity index (χ0n) is 16.3. The zero-order valence-corrected chi connectivity index (χ0v) is 16.3. The van der Waals surface area contributed by atoms with E-state index in [4.69, 9.17) is 0 Å². The number of benzene rings is 1. The maximum Gasteiger partial charge on any atom is 0.224 e. The van der Waals surface area contributed by atoms with Gasteiger partial charge in [-0.3, -0.25) is 9.69 Å². The average Bonchev–Trinajstić information content (AvgIpc) is 2.58. The second kappa shape index (κ2) is 9.35. The van der Waals surface area contributed by atoms with Crippen LogP contribution >= 0.6 is 0 Å². The summed E-state index contributed by atoms with van der Waals surface area (Å²) in [4.78, 5) is 14.7. The molecule has 1 aromatic carbocycles. The number of rotatable bonds is 7. The van der Waals surface area contributed by atoms with E-state index < -0.39 is 0 Å². The van der Waals surface area contributed by atoms with Gasteiger partial charge in [-0.25, -0.2) is 0 Å². The molecular formula is C21H34N2O2. The van der Waals surface area contributed by atoms with Crippen molar-refractivity contribution < 1.29 is 9.90 Å². The molecule has 1 aromatic rings. The van der Waals surface area contributed by atoms with Crippen LogP contribution < -0.4 is 5.32 Å². The highest BCUT2D eigenvalue weighted by molar-refractivity contribution is 5.92. The number of nitrogens with one attached hydrogen (secondary N) is 1. The van der Waals surface area contributed by atoms with Crippen LogP contribution in [0.1, 0.15) is 62.1 Å². The molecule has 1 aliphatic heterocycles. The first kappa shape index (κ1) is 19.9. The monoisotopic (exact) mass is 346 g/mol. The standard InChI is InChI=1S/C21H34N2O2/c1-5-19(24)18-9-6-7-11-23(18)12-8-10-20(25)22-21-16(3)13-15(2)14-17(21)4/h13-14,18-19,24H,5-12H2,1-4H3,(H,22,25). The minimum atomic E-state index is -0.244. The lowest BCUT2D eigenvalue weighted by Gasteiger charge is -2.38. The fourth-order valence-corrected chi connectivity index (χ4v) is 4.02. The molecule has 0 aliphatic carbocycles. The smallest absolute Gasteiger partial charge is 0.224 e. The number of piperidine rings is 1. The molecule has 0 aromatic heterocycles. The Hall–Kier alpha value is -1.39. The Bertz CT molecular complexity index is 562. The zero-order chi connectivity index (χ0) is 18.4. The van der Waals surface area contributed by atoms with E-state index in [1.165, 1.54) is 18.4 Å². The van der Waals surface area contributed by atoms with E-state index in [1.807, 2.05) is 20.8 Å². The minimum absolute atomic E-state index is 0.0830. The number of likely N-dealkylation sites (tertiary alicyclic amines) is 1. The van der Waals surface area contributed by atoms with Gasteiger partial charge in [0.25, 0.3) is 0 Å². The topological polar surface area (TPSA) is 52.6 Å². The first-order valence-corrected chi connectivity index (χ1v) is 9.72. The summed E-state index contributed by atoms with van der Waals surface area (Å²) in [5.74, 6) is 0.0830. The maximum atomic E-state index is 12.3. The Kier molecular flexibility index (Phi) is 7.45. The molecule has 2 N–H and O–H groups in total. The molecule has 1 aliphatic rings. The van der Waals surface area contributed by atoms with Crippen molar-refractivity contribution in [3.63, 3.8) is 0 Å². The van der Waals surface area contributed by atoms with Crippen LogP contribution in [-0.4, -0.2) is 41.1 Å². The second-order valence-electron chi connectivity index (χ2n) is 7.50. The van der Waals surface area contributed by atoms with E-state index in [9.17, 15) is 9.90 Å². The Morgan fingerprint density at radius 1 is 1.28 bits per heavy atom. The third kappa shape index (κ3) is 5.55. The summed E-state index contributed by atoms with van der Waals surface area (Å²) in [6.07, 6.45) is 5.38.